The van der Waals surface area contributed by atoms with E-state index in [4.69, 9.17) is 10.5 Å². The first-order chi connectivity index (χ1) is 9.50. The third-order valence-electron chi connectivity index (χ3n) is 4.58. The fraction of sp³-hybridized carbons (Fsp3) is 0.333. The monoisotopic (exact) mass is 267 g/mol. The van der Waals surface area contributed by atoms with Crippen LogP contribution in [0.25, 0.3) is 0 Å². The highest BCUT2D eigenvalue weighted by Gasteiger charge is 2.31. The maximum atomic E-state index is 6.26. The summed E-state index contributed by atoms with van der Waals surface area (Å²) < 4.78 is 5.99. The van der Waals surface area contributed by atoms with Crippen molar-refractivity contribution < 1.29 is 4.74 Å². The summed E-state index contributed by atoms with van der Waals surface area (Å²) in [5.74, 6) is 1.34. The van der Waals surface area contributed by atoms with E-state index >= 15 is 0 Å². The highest BCUT2D eigenvalue weighted by molar-refractivity contribution is 5.68. The van der Waals surface area contributed by atoms with E-state index < -0.39 is 0 Å². The molecule has 2 heteroatoms. The zero-order chi connectivity index (χ0) is 14.4. The molecule has 2 N–H and O–H groups in total. The molecule has 2 aromatic carbocycles. The zero-order valence-electron chi connectivity index (χ0n) is 12.6. The number of nitrogens with two attached hydrogens (primary N) is 1. The average molecular weight is 267 g/mol. The summed E-state index contributed by atoms with van der Waals surface area (Å²) >= 11 is 0. The number of rotatable bonds is 1. The number of nitrogen functional groups attached to an aromatic ring is 1. The lowest BCUT2D eigenvalue weighted by atomic mass is 9.86. The van der Waals surface area contributed by atoms with Crippen LogP contribution in [0.4, 0.5) is 5.69 Å². The van der Waals surface area contributed by atoms with Gasteiger partial charge in [-0.2, -0.15) is 0 Å². The van der Waals surface area contributed by atoms with Gasteiger partial charge in [0.2, 0.25) is 0 Å². The Bertz CT molecular complexity index is 671. The second kappa shape index (κ2) is 4.55. The molecule has 20 heavy (non-hydrogen) atoms. The molecule has 1 aliphatic heterocycles. The molecule has 0 fully saturated rings. The molecule has 1 heterocycles. The lowest BCUT2D eigenvalue weighted by molar-refractivity contribution is 0.341. The summed E-state index contributed by atoms with van der Waals surface area (Å²) in [6.45, 7) is 9.10. The van der Waals surface area contributed by atoms with E-state index in [2.05, 4.69) is 52.0 Å². The van der Waals surface area contributed by atoms with Crippen molar-refractivity contribution in [2.75, 3.05) is 12.3 Å². The van der Waals surface area contributed by atoms with Crippen molar-refractivity contribution in [3.63, 3.8) is 0 Å². The summed E-state index contributed by atoms with van der Waals surface area (Å²) in [5, 5.41) is 0. The van der Waals surface area contributed by atoms with Crippen molar-refractivity contribution in [3.8, 4) is 5.75 Å². The van der Waals surface area contributed by atoms with Crippen LogP contribution >= 0.6 is 0 Å². The molecule has 0 radical (unpaired) electrons. The minimum Gasteiger partial charge on any atom is -0.492 e. The SMILES string of the molecule is Cc1ccc([C@@H]2COc3c(C)c(C)c(N)c(C)c32)cc1. The van der Waals surface area contributed by atoms with Gasteiger partial charge >= 0.3 is 0 Å². The van der Waals surface area contributed by atoms with E-state index in [0.29, 0.717) is 12.5 Å². The third-order valence-corrected chi connectivity index (χ3v) is 4.58. The molecule has 0 saturated carbocycles. The number of ether oxygens (including phenoxy) is 1. The lowest BCUT2D eigenvalue weighted by Gasteiger charge is -2.17. The molecule has 0 aliphatic carbocycles. The molecule has 2 aromatic rings. The molecule has 0 unspecified atom stereocenters. The topological polar surface area (TPSA) is 35.2 Å². The van der Waals surface area contributed by atoms with Crippen LogP contribution in [-0.4, -0.2) is 6.61 Å². The van der Waals surface area contributed by atoms with Crippen molar-refractivity contribution in [1.29, 1.82) is 0 Å². The first kappa shape index (κ1) is 13.0. The van der Waals surface area contributed by atoms with Gasteiger partial charge < -0.3 is 10.5 Å². The van der Waals surface area contributed by atoms with E-state index in [0.717, 1.165) is 17.0 Å². The van der Waals surface area contributed by atoms with E-state index in [1.54, 1.807) is 0 Å². The third kappa shape index (κ3) is 1.79. The normalized spacial score (nSPS) is 16.9. The summed E-state index contributed by atoms with van der Waals surface area (Å²) in [6.07, 6.45) is 0. The fourth-order valence-corrected chi connectivity index (χ4v) is 3.09. The Balaban J connectivity index is 2.17. The van der Waals surface area contributed by atoms with Gasteiger partial charge in [0.1, 0.15) is 5.75 Å². The highest BCUT2D eigenvalue weighted by atomic mass is 16.5. The number of anilines is 1. The fourth-order valence-electron chi connectivity index (χ4n) is 3.09. The van der Waals surface area contributed by atoms with Crippen molar-refractivity contribution in [3.05, 3.63) is 57.6 Å². The van der Waals surface area contributed by atoms with E-state index in [9.17, 15) is 0 Å². The first-order valence-corrected chi connectivity index (χ1v) is 7.09. The molecule has 0 aromatic heterocycles. The molecular weight excluding hydrogens is 246 g/mol. The molecule has 0 bridgehead atoms. The first-order valence-electron chi connectivity index (χ1n) is 7.09. The Kier molecular flexibility index (Phi) is 2.97. The Morgan fingerprint density at radius 2 is 1.60 bits per heavy atom. The molecule has 1 aliphatic rings. The average Bonchev–Trinajstić information content (AvgIpc) is 2.88. The van der Waals surface area contributed by atoms with Gasteiger partial charge in [0.25, 0.3) is 0 Å². The van der Waals surface area contributed by atoms with Crippen LogP contribution < -0.4 is 10.5 Å². The van der Waals surface area contributed by atoms with Crippen LogP contribution in [0.1, 0.15) is 39.3 Å². The van der Waals surface area contributed by atoms with Gasteiger partial charge in [-0.05, 0) is 49.9 Å². The number of hydrogen-bond donors (Lipinski definition) is 1. The van der Waals surface area contributed by atoms with Gasteiger partial charge in [0.15, 0.2) is 0 Å². The Labute approximate surface area is 120 Å². The van der Waals surface area contributed by atoms with Crippen molar-refractivity contribution in [2.24, 2.45) is 0 Å². The van der Waals surface area contributed by atoms with Crippen molar-refractivity contribution in [1.82, 2.24) is 0 Å². The van der Waals surface area contributed by atoms with Gasteiger partial charge in [0.05, 0.1) is 6.61 Å². The summed E-state index contributed by atoms with van der Waals surface area (Å²) in [7, 11) is 0. The van der Waals surface area contributed by atoms with Crippen molar-refractivity contribution >= 4 is 5.69 Å². The maximum Gasteiger partial charge on any atom is 0.126 e. The quantitative estimate of drug-likeness (QED) is 0.792. The smallest absolute Gasteiger partial charge is 0.126 e. The molecule has 0 spiro atoms. The van der Waals surface area contributed by atoms with Crippen LogP contribution in [0.3, 0.4) is 0 Å². The van der Waals surface area contributed by atoms with Gasteiger partial charge in [-0.1, -0.05) is 29.8 Å². The summed E-state index contributed by atoms with van der Waals surface area (Å²) in [6, 6.07) is 8.71. The summed E-state index contributed by atoms with van der Waals surface area (Å²) in [5.41, 5.74) is 14.5. The van der Waals surface area contributed by atoms with Gasteiger partial charge in [-0.3, -0.25) is 0 Å². The second-order valence-electron chi connectivity index (χ2n) is 5.81. The Hall–Kier alpha value is -1.96. The second-order valence-corrected chi connectivity index (χ2v) is 5.81. The lowest BCUT2D eigenvalue weighted by Crippen LogP contribution is -2.05. The number of hydrogen-bond acceptors (Lipinski definition) is 2. The standard InChI is InChI=1S/C18H21NO/c1-10-5-7-14(8-6-10)15-9-20-18-12(3)11(2)17(19)13(4)16(15)18/h5-8,15H,9,19H2,1-4H3/t15-/m0/s1. The number of benzene rings is 2. The molecule has 1 atom stereocenters. The van der Waals surface area contributed by atoms with Crippen LogP contribution in [0.2, 0.25) is 0 Å². The molecular formula is C18H21NO. The van der Waals surface area contributed by atoms with Gasteiger partial charge in [-0.25, -0.2) is 0 Å². The van der Waals surface area contributed by atoms with Gasteiger partial charge in [-0.15, -0.1) is 0 Å². The van der Waals surface area contributed by atoms with Crippen molar-refractivity contribution in [2.45, 2.75) is 33.6 Å². The molecule has 0 saturated heterocycles. The minimum absolute atomic E-state index is 0.298. The van der Waals surface area contributed by atoms with E-state index in [1.165, 1.54) is 27.8 Å². The Morgan fingerprint density at radius 3 is 2.25 bits per heavy atom. The highest BCUT2D eigenvalue weighted by Crippen LogP contribution is 2.45. The Morgan fingerprint density at radius 1 is 0.950 bits per heavy atom. The predicted octanol–water partition coefficient (Wildman–Crippen LogP) is 4.03. The molecule has 3 rings (SSSR count). The molecule has 2 nitrogen and oxygen atoms in total. The van der Waals surface area contributed by atoms with Crippen LogP contribution in [0.15, 0.2) is 24.3 Å². The van der Waals surface area contributed by atoms with Gasteiger partial charge in [0, 0.05) is 17.2 Å². The minimum atomic E-state index is 0.298. The van der Waals surface area contributed by atoms with Crippen LogP contribution in [0, 0.1) is 27.7 Å². The van der Waals surface area contributed by atoms with Crippen LogP contribution in [-0.2, 0) is 0 Å². The number of aryl methyl sites for hydroxylation is 1. The number of fused-ring (bicyclic) bond motifs is 1. The van der Waals surface area contributed by atoms with E-state index in [1.807, 2.05) is 0 Å². The maximum absolute atomic E-state index is 6.26. The predicted molar refractivity (Wildman–Crippen MR) is 83.6 cm³/mol. The molecule has 104 valence electrons. The van der Waals surface area contributed by atoms with E-state index in [-0.39, 0.29) is 0 Å². The largest absolute Gasteiger partial charge is 0.492 e. The zero-order valence-corrected chi connectivity index (χ0v) is 12.6. The van der Waals surface area contributed by atoms with Crippen LogP contribution in [0.5, 0.6) is 5.75 Å². The summed E-state index contributed by atoms with van der Waals surface area (Å²) in [4.78, 5) is 0. The molecule has 0 amide bonds.